The summed E-state index contributed by atoms with van der Waals surface area (Å²) in [6.45, 7) is 2.96. The average Bonchev–Trinajstić information content (AvgIpc) is 2.47. The van der Waals surface area contributed by atoms with Crippen molar-refractivity contribution in [3.8, 4) is 0 Å². The Morgan fingerprint density at radius 2 is 2.14 bits per heavy atom. The Labute approximate surface area is 126 Å². The topological polar surface area (TPSA) is 66.6 Å². The van der Waals surface area contributed by atoms with Crippen molar-refractivity contribution in [2.24, 2.45) is 11.7 Å². The van der Waals surface area contributed by atoms with Crippen LogP contribution in [0.1, 0.15) is 38.2 Å². The van der Waals surface area contributed by atoms with E-state index in [4.69, 9.17) is 5.73 Å². The lowest BCUT2D eigenvalue weighted by Crippen LogP contribution is -2.57. The lowest BCUT2D eigenvalue weighted by atomic mass is 9.76. The van der Waals surface area contributed by atoms with Crippen molar-refractivity contribution in [3.63, 3.8) is 0 Å². The highest BCUT2D eigenvalue weighted by Crippen LogP contribution is 2.32. The third-order valence-corrected chi connectivity index (χ3v) is 4.33. The first kappa shape index (κ1) is 16.0. The highest BCUT2D eigenvalue weighted by atomic mass is 16.3. The molecule has 4 heteroatoms. The van der Waals surface area contributed by atoms with Crippen molar-refractivity contribution in [2.75, 3.05) is 13.2 Å². The van der Waals surface area contributed by atoms with Crippen LogP contribution in [0.4, 0.5) is 0 Å². The molecule has 3 N–H and O–H groups in total. The lowest BCUT2D eigenvalue weighted by Gasteiger charge is -2.39. The normalized spacial score (nSPS) is 25.6. The Hall–Kier alpha value is -1.39. The van der Waals surface area contributed by atoms with Gasteiger partial charge < -0.3 is 15.7 Å². The van der Waals surface area contributed by atoms with Gasteiger partial charge in [0.05, 0.1) is 12.1 Å². The Balaban J connectivity index is 2.11. The van der Waals surface area contributed by atoms with Gasteiger partial charge in [0.1, 0.15) is 0 Å². The number of nitrogens with zero attached hydrogens (tertiary/aromatic N) is 1. The minimum Gasteiger partial charge on any atom is -0.395 e. The Kier molecular flexibility index (Phi) is 5.37. The number of hydrogen-bond donors (Lipinski definition) is 2. The molecule has 1 amide bonds. The van der Waals surface area contributed by atoms with Gasteiger partial charge in [0.2, 0.25) is 5.91 Å². The molecule has 1 saturated carbocycles. The van der Waals surface area contributed by atoms with Crippen molar-refractivity contribution in [2.45, 2.75) is 44.7 Å². The smallest absolute Gasteiger partial charge is 0.243 e. The van der Waals surface area contributed by atoms with Crippen molar-refractivity contribution in [1.29, 1.82) is 0 Å². The molecule has 0 saturated heterocycles. The van der Waals surface area contributed by atoms with Crippen LogP contribution in [0.5, 0.6) is 0 Å². The van der Waals surface area contributed by atoms with Crippen LogP contribution in [0, 0.1) is 5.92 Å². The van der Waals surface area contributed by atoms with E-state index in [2.05, 4.69) is 6.92 Å². The highest BCUT2D eigenvalue weighted by molar-refractivity contribution is 5.86. The molecule has 4 nitrogen and oxygen atoms in total. The van der Waals surface area contributed by atoms with Crippen molar-refractivity contribution in [3.05, 3.63) is 35.9 Å². The maximum absolute atomic E-state index is 12.8. The Morgan fingerprint density at radius 3 is 2.76 bits per heavy atom. The molecule has 116 valence electrons. The molecule has 0 aromatic heterocycles. The molecule has 0 spiro atoms. The molecule has 0 bridgehead atoms. The van der Waals surface area contributed by atoms with Crippen LogP contribution in [-0.2, 0) is 11.3 Å². The van der Waals surface area contributed by atoms with Gasteiger partial charge in [-0.2, -0.15) is 0 Å². The Bertz CT molecular complexity index is 463. The maximum atomic E-state index is 12.8. The maximum Gasteiger partial charge on any atom is 0.243 e. The average molecular weight is 290 g/mol. The first-order valence-corrected chi connectivity index (χ1v) is 7.78. The van der Waals surface area contributed by atoms with Crippen molar-refractivity contribution >= 4 is 5.91 Å². The quantitative estimate of drug-likeness (QED) is 0.870. The minimum absolute atomic E-state index is 0.0213. The fraction of sp³-hybridized carbons (Fsp3) is 0.588. The van der Waals surface area contributed by atoms with Crippen LogP contribution in [0.25, 0.3) is 0 Å². The molecule has 21 heavy (non-hydrogen) atoms. The van der Waals surface area contributed by atoms with Gasteiger partial charge in [-0.15, -0.1) is 0 Å². The fourth-order valence-corrected chi connectivity index (χ4v) is 3.28. The van der Waals surface area contributed by atoms with Crippen LogP contribution < -0.4 is 5.73 Å². The summed E-state index contributed by atoms with van der Waals surface area (Å²) in [7, 11) is 0. The summed E-state index contributed by atoms with van der Waals surface area (Å²) in [5, 5.41) is 9.26. The number of nitrogens with two attached hydrogens (primary N) is 1. The van der Waals surface area contributed by atoms with Crippen LogP contribution >= 0.6 is 0 Å². The van der Waals surface area contributed by atoms with E-state index in [0.717, 1.165) is 31.2 Å². The second-order valence-corrected chi connectivity index (χ2v) is 6.29. The van der Waals surface area contributed by atoms with E-state index in [-0.39, 0.29) is 12.5 Å². The second-order valence-electron chi connectivity index (χ2n) is 6.29. The molecule has 1 fully saturated rings. The summed E-state index contributed by atoms with van der Waals surface area (Å²) < 4.78 is 0. The van der Waals surface area contributed by atoms with Crippen LogP contribution in [0.3, 0.4) is 0 Å². The van der Waals surface area contributed by atoms with Gasteiger partial charge in [0, 0.05) is 13.1 Å². The summed E-state index contributed by atoms with van der Waals surface area (Å²) in [6.07, 6.45) is 3.63. The summed E-state index contributed by atoms with van der Waals surface area (Å²) in [6, 6.07) is 9.85. The predicted octanol–water partition coefficient (Wildman–Crippen LogP) is 1.92. The number of benzene rings is 1. The molecule has 1 aliphatic rings. The number of hydrogen-bond acceptors (Lipinski definition) is 3. The SMILES string of the molecule is CC1CCCC(N)(C(=O)N(CCO)Cc2ccccc2)C1. The van der Waals surface area contributed by atoms with E-state index in [0.29, 0.717) is 19.0 Å². The van der Waals surface area contributed by atoms with Gasteiger partial charge in [-0.1, -0.05) is 50.1 Å². The van der Waals surface area contributed by atoms with E-state index >= 15 is 0 Å². The molecule has 0 heterocycles. The molecule has 2 atom stereocenters. The minimum atomic E-state index is -0.762. The van der Waals surface area contributed by atoms with E-state index in [1.165, 1.54) is 0 Å². The molecule has 0 aliphatic heterocycles. The van der Waals surface area contributed by atoms with Gasteiger partial charge in [-0.3, -0.25) is 4.79 Å². The molecule has 0 radical (unpaired) electrons. The standard InChI is InChI=1S/C17H26N2O2/c1-14-6-5-9-17(18,12-14)16(21)19(10-11-20)13-15-7-3-2-4-8-15/h2-4,7-8,14,20H,5-6,9-13,18H2,1H3. The molecule has 1 aromatic carbocycles. The van der Waals surface area contributed by atoms with E-state index in [9.17, 15) is 9.90 Å². The number of rotatable bonds is 5. The van der Waals surface area contributed by atoms with Crippen molar-refractivity contribution in [1.82, 2.24) is 4.90 Å². The van der Waals surface area contributed by atoms with E-state index in [1.54, 1.807) is 4.90 Å². The van der Waals surface area contributed by atoms with Crippen LogP contribution in [0.15, 0.2) is 30.3 Å². The van der Waals surface area contributed by atoms with Crippen LogP contribution in [-0.4, -0.2) is 34.6 Å². The third kappa shape index (κ3) is 4.05. The summed E-state index contributed by atoms with van der Waals surface area (Å²) in [5.41, 5.74) is 6.70. The van der Waals surface area contributed by atoms with Crippen LogP contribution in [0.2, 0.25) is 0 Å². The molecular formula is C17H26N2O2. The molecule has 2 unspecified atom stereocenters. The number of amides is 1. The molecule has 1 aromatic rings. The summed E-state index contributed by atoms with van der Waals surface area (Å²) in [5.74, 6) is 0.465. The number of carbonyl (C=O) groups is 1. The zero-order chi connectivity index (χ0) is 15.3. The van der Waals surface area contributed by atoms with Gasteiger partial charge in [-0.05, 0) is 24.3 Å². The van der Waals surface area contributed by atoms with Gasteiger partial charge in [-0.25, -0.2) is 0 Å². The van der Waals surface area contributed by atoms with Gasteiger partial charge >= 0.3 is 0 Å². The van der Waals surface area contributed by atoms with E-state index in [1.807, 2.05) is 30.3 Å². The first-order valence-electron chi connectivity index (χ1n) is 7.78. The summed E-state index contributed by atoms with van der Waals surface area (Å²) >= 11 is 0. The van der Waals surface area contributed by atoms with Crippen molar-refractivity contribution < 1.29 is 9.90 Å². The predicted molar refractivity (Wildman–Crippen MR) is 83.5 cm³/mol. The number of aliphatic hydroxyl groups is 1. The zero-order valence-electron chi connectivity index (χ0n) is 12.8. The number of aliphatic hydroxyl groups excluding tert-OH is 1. The van der Waals surface area contributed by atoms with Gasteiger partial charge in [0.25, 0.3) is 0 Å². The molecular weight excluding hydrogens is 264 g/mol. The fourth-order valence-electron chi connectivity index (χ4n) is 3.28. The zero-order valence-corrected chi connectivity index (χ0v) is 12.8. The monoisotopic (exact) mass is 290 g/mol. The van der Waals surface area contributed by atoms with E-state index < -0.39 is 5.54 Å². The third-order valence-electron chi connectivity index (χ3n) is 4.33. The molecule has 1 aliphatic carbocycles. The summed E-state index contributed by atoms with van der Waals surface area (Å²) in [4.78, 5) is 14.6. The Morgan fingerprint density at radius 1 is 1.43 bits per heavy atom. The largest absolute Gasteiger partial charge is 0.395 e. The molecule has 2 rings (SSSR count). The second kappa shape index (κ2) is 7.05. The van der Waals surface area contributed by atoms with Gasteiger partial charge in [0.15, 0.2) is 0 Å². The first-order chi connectivity index (χ1) is 10.0. The number of carbonyl (C=O) groups excluding carboxylic acids is 1. The lowest BCUT2D eigenvalue weighted by molar-refractivity contribution is -0.140. The highest BCUT2D eigenvalue weighted by Gasteiger charge is 2.40.